The summed E-state index contributed by atoms with van der Waals surface area (Å²) < 4.78 is 7.51. The molecule has 0 fully saturated rings. The molecule has 1 aromatic rings. The Bertz CT molecular complexity index is 420. The van der Waals surface area contributed by atoms with Crippen LogP contribution < -0.4 is 0 Å². The molecular weight excluding hydrogens is 218 g/mol. The normalized spacial score (nSPS) is 18.9. The number of imidazole rings is 1. The van der Waals surface area contributed by atoms with Gasteiger partial charge in [0.15, 0.2) is 6.10 Å². The van der Waals surface area contributed by atoms with Crippen molar-refractivity contribution < 1.29 is 9.53 Å². The van der Waals surface area contributed by atoms with Crippen LogP contribution in [0.3, 0.4) is 0 Å². The van der Waals surface area contributed by atoms with E-state index in [4.69, 9.17) is 4.74 Å². The summed E-state index contributed by atoms with van der Waals surface area (Å²) in [5, 5.41) is 0. The fraction of sp³-hybridized carbons (Fsp3) is 0.667. The second-order valence-electron chi connectivity index (χ2n) is 5.37. The quantitative estimate of drug-likeness (QED) is 0.752. The number of ether oxygens (including phenoxy) is 1. The minimum Gasteiger partial charge on any atom is -0.438 e. The van der Waals surface area contributed by atoms with Crippen LogP contribution in [0.25, 0.3) is 0 Å². The van der Waals surface area contributed by atoms with Crippen LogP contribution >= 0.6 is 0 Å². The van der Waals surface area contributed by atoms with Gasteiger partial charge in [-0.3, -0.25) is 0 Å². The molecule has 0 radical (unpaired) electrons. The predicted octanol–water partition coefficient (Wildman–Crippen LogP) is 2.19. The molecule has 0 bridgehead atoms. The highest BCUT2D eigenvalue weighted by Crippen LogP contribution is 2.28. The van der Waals surface area contributed by atoms with E-state index in [1.807, 2.05) is 31.5 Å². The van der Waals surface area contributed by atoms with Crippen LogP contribution in [0.5, 0.6) is 0 Å². The van der Waals surface area contributed by atoms with Gasteiger partial charge in [-0.25, -0.2) is 9.78 Å². The largest absolute Gasteiger partial charge is 0.438 e. The first kappa shape index (κ1) is 12.0. The maximum absolute atomic E-state index is 11.9. The van der Waals surface area contributed by atoms with Gasteiger partial charge in [0.05, 0.1) is 0 Å². The van der Waals surface area contributed by atoms with Crippen molar-refractivity contribution in [1.82, 2.24) is 14.5 Å². The van der Waals surface area contributed by atoms with Crippen LogP contribution in [0.1, 0.15) is 39.1 Å². The van der Waals surface area contributed by atoms with Crippen LogP contribution in [0, 0.1) is 0 Å². The minimum atomic E-state index is -0.293. The molecule has 0 saturated carbocycles. The molecule has 5 heteroatoms. The summed E-state index contributed by atoms with van der Waals surface area (Å²) in [6.07, 6.45) is 3.97. The summed E-state index contributed by atoms with van der Waals surface area (Å²) in [6.45, 7) is 6.80. The van der Waals surface area contributed by atoms with E-state index in [-0.39, 0.29) is 17.7 Å². The molecule has 94 valence electrons. The van der Waals surface area contributed by atoms with Crippen molar-refractivity contribution in [2.75, 3.05) is 7.05 Å². The Hall–Kier alpha value is -1.52. The van der Waals surface area contributed by atoms with Gasteiger partial charge in [-0.1, -0.05) is 0 Å². The molecule has 17 heavy (non-hydrogen) atoms. The number of hydrogen-bond acceptors (Lipinski definition) is 3. The highest BCUT2D eigenvalue weighted by molar-refractivity contribution is 5.68. The molecule has 0 aliphatic carbocycles. The van der Waals surface area contributed by atoms with Crippen LogP contribution in [-0.2, 0) is 11.3 Å². The lowest BCUT2D eigenvalue weighted by Gasteiger charge is -2.31. The van der Waals surface area contributed by atoms with Crippen molar-refractivity contribution in [2.24, 2.45) is 0 Å². The van der Waals surface area contributed by atoms with E-state index in [2.05, 4.69) is 4.98 Å². The number of hydrogen-bond donors (Lipinski definition) is 0. The van der Waals surface area contributed by atoms with Crippen LogP contribution in [0.2, 0.25) is 0 Å². The van der Waals surface area contributed by atoms with Gasteiger partial charge in [-0.05, 0) is 20.8 Å². The number of amides is 1. The van der Waals surface area contributed by atoms with Gasteiger partial charge in [0, 0.05) is 37.9 Å². The van der Waals surface area contributed by atoms with E-state index in [1.165, 1.54) is 0 Å². The number of nitrogens with zero attached hydrogens (tertiary/aromatic N) is 3. The lowest BCUT2D eigenvalue weighted by molar-refractivity contribution is 0.0459. The molecule has 2 heterocycles. The Labute approximate surface area is 101 Å². The zero-order valence-electron chi connectivity index (χ0n) is 10.8. The molecule has 1 aromatic heterocycles. The highest BCUT2D eigenvalue weighted by Gasteiger charge is 2.31. The highest BCUT2D eigenvalue weighted by atomic mass is 16.6. The maximum atomic E-state index is 11.9. The van der Waals surface area contributed by atoms with Gasteiger partial charge in [0.1, 0.15) is 5.82 Å². The SMILES string of the molecule is CN(C(=O)O[C@H]1CCn2ccnc21)C(C)(C)C. The minimum absolute atomic E-state index is 0.206. The maximum Gasteiger partial charge on any atom is 0.410 e. The Balaban J connectivity index is 2.02. The summed E-state index contributed by atoms with van der Waals surface area (Å²) in [4.78, 5) is 17.8. The van der Waals surface area contributed by atoms with E-state index in [0.29, 0.717) is 0 Å². The van der Waals surface area contributed by atoms with Crippen LogP contribution in [0.4, 0.5) is 4.79 Å². The van der Waals surface area contributed by atoms with Gasteiger partial charge in [0.2, 0.25) is 0 Å². The van der Waals surface area contributed by atoms with Crippen LogP contribution in [0.15, 0.2) is 12.4 Å². The molecule has 0 unspecified atom stereocenters. The average Bonchev–Trinajstić information content (AvgIpc) is 2.80. The topological polar surface area (TPSA) is 47.4 Å². The summed E-state index contributed by atoms with van der Waals surface area (Å²) in [7, 11) is 1.75. The van der Waals surface area contributed by atoms with Crippen molar-refractivity contribution in [3.63, 3.8) is 0 Å². The van der Waals surface area contributed by atoms with Crippen molar-refractivity contribution in [1.29, 1.82) is 0 Å². The summed E-state index contributed by atoms with van der Waals surface area (Å²) in [5.41, 5.74) is -0.231. The molecule has 1 aliphatic rings. The second-order valence-corrected chi connectivity index (χ2v) is 5.37. The molecule has 1 atom stereocenters. The Morgan fingerprint density at radius 1 is 1.59 bits per heavy atom. The van der Waals surface area contributed by atoms with Crippen LogP contribution in [-0.4, -0.2) is 33.1 Å². The molecule has 0 saturated heterocycles. The van der Waals surface area contributed by atoms with Crippen molar-refractivity contribution >= 4 is 6.09 Å². The Morgan fingerprint density at radius 2 is 2.29 bits per heavy atom. The summed E-state index contributed by atoms with van der Waals surface area (Å²) in [6, 6.07) is 0. The number of fused-ring (bicyclic) bond motifs is 1. The van der Waals surface area contributed by atoms with E-state index >= 15 is 0 Å². The number of carbonyl (C=O) groups is 1. The fourth-order valence-corrected chi connectivity index (χ4v) is 1.77. The predicted molar refractivity (Wildman–Crippen MR) is 63.6 cm³/mol. The molecular formula is C12H19N3O2. The van der Waals surface area contributed by atoms with Crippen molar-refractivity contribution in [3.8, 4) is 0 Å². The third kappa shape index (κ3) is 2.28. The molecule has 0 N–H and O–H groups in total. The monoisotopic (exact) mass is 237 g/mol. The zero-order valence-corrected chi connectivity index (χ0v) is 10.8. The molecule has 0 aromatic carbocycles. The average molecular weight is 237 g/mol. The van der Waals surface area contributed by atoms with E-state index in [9.17, 15) is 4.79 Å². The molecule has 1 aliphatic heterocycles. The second kappa shape index (κ2) is 4.05. The van der Waals surface area contributed by atoms with E-state index < -0.39 is 0 Å². The molecule has 0 spiro atoms. The standard InChI is InChI=1S/C12H19N3O2/c1-12(2,3)14(4)11(16)17-9-5-7-15-8-6-13-10(9)15/h6,8-9H,5,7H2,1-4H3/t9-/m0/s1. The summed E-state index contributed by atoms with van der Waals surface area (Å²) >= 11 is 0. The van der Waals surface area contributed by atoms with E-state index in [1.54, 1.807) is 18.1 Å². The van der Waals surface area contributed by atoms with Gasteiger partial charge >= 0.3 is 6.09 Å². The van der Waals surface area contributed by atoms with E-state index in [0.717, 1.165) is 18.8 Å². The third-order valence-corrected chi connectivity index (χ3v) is 3.19. The fourth-order valence-electron chi connectivity index (χ4n) is 1.77. The Morgan fingerprint density at radius 3 is 2.94 bits per heavy atom. The van der Waals surface area contributed by atoms with Gasteiger partial charge < -0.3 is 14.2 Å². The first-order chi connectivity index (χ1) is 7.89. The zero-order chi connectivity index (χ0) is 12.6. The number of aryl methyl sites for hydroxylation is 1. The third-order valence-electron chi connectivity index (χ3n) is 3.19. The number of aromatic nitrogens is 2. The molecule has 2 rings (SSSR count). The van der Waals surface area contributed by atoms with Gasteiger partial charge in [-0.15, -0.1) is 0 Å². The number of carbonyl (C=O) groups excluding carboxylic acids is 1. The van der Waals surface area contributed by atoms with Gasteiger partial charge in [-0.2, -0.15) is 0 Å². The lowest BCUT2D eigenvalue weighted by atomic mass is 10.1. The first-order valence-electron chi connectivity index (χ1n) is 5.85. The van der Waals surface area contributed by atoms with Crippen molar-refractivity contribution in [3.05, 3.63) is 18.2 Å². The smallest absolute Gasteiger partial charge is 0.410 e. The molecule has 1 amide bonds. The van der Waals surface area contributed by atoms with Crippen molar-refractivity contribution in [2.45, 2.75) is 45.4 Å². The summed E-state index contributed by atoms with van der Waals surface area (Å²) in [5.74, 6) is 0.848. The first-order valence-corrected chi connectivity index (χ1v) is 5.85. The number of rotatable bonds is 1. The van der Waals surface area contributed by atoms with Gasteiger partial charge in [0.25, 0.3) is 0 Å². The molecule has 5 nitrogen and oxygen atoms in total. The lowest BCUT2D eigenvalue weighted by Crippen LogP contribution is -2.43. The Kier molecular flexibility index (Phi) is 2.85.